The molecule has 1 aromatic rings. The van der Waals surface area contributed by atoms with Crippen LogP contribution in [-0.2, 0) is 0 Å². The van der Waals surface area contributed by atoms with Crippen molar-refractivity contribution in [3.05, 3.63) is 24.3 Å². The summed E-state index contributed by atoms with van der Waals surface area (Å²) in [5.74, 6) is 0. The molecule has 0 spiro atoms. The molecule has 76 valence electrons. The van der Waals surface area contributed by atoms with E-state index in [0.717, 1.165) is 5.55 Å². The topological polar surface area (TPSA) is 12.4 Å². The van der Waals surface area contributed by atoms with Gasteiger partial charge in [-0.3, -0.25) is 0 Å². The average Bonchev–Trinajstić information content (AvgIpc) is 2.45. The normalized spacial score (nSPS) is 29.7. The third-order valence-corrected chi connectivity index (χ3v) is 5.52. The summed E-state index contributed by atoms with van der Waals surface area (Å²) in [6.07, 6.45) is 0. The molecule has 1 aliphatic heterocycles. The molecule has 0 aromatic heterocycles. The Balaban J connectivity index is 2.59. The van der Waals surface area contributed by atoms with Crippen molar-refractivity contribution in [3.63, 3.8) is 0 Å². The summed E-state index contributed by atoms with van der Waals surface area (Å²) in [4.78, 5) is 3.91. The first kappa shape index (κ1) is 9.92. The van der Waals surface area contributed by atoms with Gasteiger partial charge >= 0.3 is 5.51 Å². The van der Waals surface area contributed by atoms with Crippen molar-refractivity contribution in [1.82, 2.24) is 0 Å². The van der Waals surface area contributed by atoms with Gasteiger partial charge in [-0.1, -0.05) is 12.1 Å². The van der Waals surface area contributed by atoms with Crippen molar-refractivity contribution in [2.45, 2.75) is 10.4 Å². The van der Waals surface area contributed by atoms with Crippen molar-refractivity contribution in [3.8, 4) is 0 Å². The minimum absolute atomic E-state index is 0.177. The second-order valence-electron chi connectivity index (χ2n) is 2.77. The maximum atomic E-state index is 12.7. The van der Waals surface area contributed by atoms with Crippen LogP contribution < -0.4 is 0 Å². The molecule has 6 heteroatoms. The van der Waals surface area contributed by atoms with Crippen LogP contribution in [0.3, 0.4) is 0 Å². The van der Waals surface area contributed by atoms with Gasteiger partial charge in [-0.2, -0.15) is 13.2 Å². The number of aliphatic imine (C=N–C) groups is 1. The number of fused-ring (bicyclic) bond motifs is 1. The van der Waals surface area contributed by atoms with Gasteiger partial charge < -0.3 is 0 Å². The van der Waals surface area contributed by atoms with Crippen molar-refractivity contribution < 1.29 is 13.2 Å². The van der Waals surface area contributed by atoms with Crippen LogP contribution in [0.25, 0.3) is 0 Å². The number of thiol groups is 1. The maximum absolute atomic E-state index is 12.7. The smallest absolute Gasteiger partial charge is 0.249 e. The fourth-order valence-electron chi connectivity index (χ4n) is 1.20. The highest BCUT2D eigenvalue weighted by Crippen LogP contribution is 2.73. The van der Waals surface area contributed by atoms with E-state index in [2.05, 4.69) is 16.7 Å². The number of alkyl halides is 3. The molecule has 0 radical (unpaired) electrons. The van der Waals surface area contributed by atoms with Gasteiger partial charge in [-0.05, 0) is 21.2 Å². The second-order valence-corrected chi connectivity index (χ2v) is 6.87. The zero-order valence-corrected chi connectivity index (χ0v) is 8.53. The highest BCUT2D eigenvalue weighted by atomic mass is 33.1. The molecule has 0 N–H and O–H groups in total. The number of hydrogen-bond acceptors (Lipinski definition) is 2. The molecule has 1 aromatic carbocycles. The SMILES string of the molecule is FC(F)(F)S1(S)C=Nc2ccccc21. The Morgan fingerprint density at radius 2 is 1.86 bits per heavy atom. The number of hydrogen-bond donors (Lipinski definition) is 1. The molecular formula is C8H6F3NS2. The van der Waals surface area contributed by atoms with E-state index < -0.39 is 14.6 Å². The van der Waals surface area contributed by atoms with Crippen LogP contribution in [0.4, 0.5) is 18.9 Å². The van der Waals surface area contributed by atoms with Crippen molar-refractivity contribution in [2.75, 3.05) is 0 Å². The Morgan fingerprint density at radius 1 is 1.21 bits per heavy atom. The molecule has 0 saturated heterocycles. The molecule has 1 heterocycles. The Kier molecular flexibility index (Phi) is 2.08. The largest absolute Gasteiger partial charge is 0.442 e. The lowest BCUT2D eigenvalue weighted by atomic mass is 10.3. The summed E-state index contributed by atoms with van der Waals surface area (Å²) in [6, 6.07) is 6.21. The van der Waals surface area contributed by atoms with E-state index in [1.807, 2.05) is 0 Å². The average molecular weight is 237 g/mol. The van der Waals surface area contributed by atoms with Crippen LogP contribution in [0.15, 0.2) is 34.2 Å². The summed E-state index contributed by atoms with van der Waals surface area (Å²) in [5, 5.41) is 0. The monoisotopic (exact) mass is 237 g/mol. The van der Waals surface area contributed by atoms with E-state index in [4.69, 9.17) is 0 Å². The van der Waals surface area contributed by atoms with Gasteiger partial charge in [0.25, 0.3) is 0 Å². The van der Waals surface area contributed by atoms with E-state index in [-0.39, 0.29) is 4.90 Å². The molecule has 0 saturated carbocycles. The molecule has 1 atom stereocenters. The first-order valence-electron chi connectivity index (χ1n) is 3.70. The Morgan fingerprint density at radius 3 is 2.50 bits per heavy atom. The summed E-state index contributed by atoms with van der Waals surface area (Å²) >= 11 is 3.75. The third-order valence-electron chi connectivity index (χ3n) is 1.90. The molecule has 1 aliphatic rings. The molecule has 1 nitrogen and oxygen atoms in total. The van der Waals surface area contributed by atoms with Crippen LogP contribution in [0.1, 0.15) is 0 Å². The standard InChI is InChI=1S/C8H6F3NS2/c9-8(10,11)14(13)5-12-6-3-1-2-4-7(6)14/h1-5,13H. The first-order valence-corrected chi connectivity index (χ1v) is 6.45. The molecule has 2 rings (SSSR count). The number of nitrogens with zero attached hydrogens (tertiary/aromatic N) is 1. The van der Waals surface area contributed by atoms with Crippen LogP contribution in [-0.4, -0.2) is 11.1 Å². The van der Waals surface area contributed by atoms with E-state index >= 15 is 0 Å². The molecular weight excluding hydrogens is 231 g/mol. The predicted molar refractivity (Wildman–Crippen MR) is 55.5 cm³/mol. The molecule has 0 fully saturated rings. The zero-order valence-electron chi connectivity index (χ0n) is 6.82. The van der Waals surface area contributed by atoms with Gasteiger partial charge in [0.05, 0.1) is 11.2 Å². The van der Waals surface area contributed by atoms with Crippen LogP contribution >= 0.6 is 20.7 Å². The van der Waals surface area contributed by atoms with Crippen molar-refractivity contribution in [1.29, 1.82) is 0 Å². The van der Waals surface area contributed by atoms with Gasteiger partial charge in [0, 0.05) is 4.90 Å². The number of halogens is 3. The third kappa shape index (κ3) is 1.25. The van der Waals surface area contributed by atoms with Gasteiger partial charge in [0.2, 0.25) is 0 Å². The minimum Gasteiger partial charge on any atom is -0.249 e. The van der Waals surface area contributed by atoms with Gasteiger partial charge in [0.1, 0.15) is 0 Å². The summed E-state index contributed by atoms with van der Waals surface area (Å²) in [7, 11) is -3.18. The fourth-order valence-corrected chi connectivity index (χ4v) is 3.28. The Bertz CT molecular complexity index is 402. The van der Waals surface area contributed by atoms with Gasteiger partial charge in [-0.15, -0.1) is 11.7 Å². The van der Waals surface area contributed by atoms with E-state index in [0.29, 0.717) is 5.69 Å². The van der Waals surface area contributed by atoms with Crippen LogP contribution in [0, 0.1) is 0 Å². The van der Waals surface area contributed by atoms with Crippen LogP contribution in [0.5, 0.6) is 0 Å². The zero-order chi connectivity index (χ0) is 10.4. The highest BCUT2D eigenvalue weighted by molar-refractivity contribution is 8.94. The molecule has 0 bridgehead atoms. The van der Waals surface area contributed by atoms with Crippen molar-refractivity contribution >= 4 is 32.0 Å². The summed E-state index contributed by atoms with van der Waals surface area (Å²) < 4.78 is 38.1. The quantitative estimate of drug-likeness (QED) is 0.519. The molecule has 0 aliphatic carbocycles. The lowest BCUT2D eigenvalue weighted by molar-refractivity contribution is -0.0348. The van der Waals surface area contributed by atoms with Gasteiger partial charge in [0.15, 0.2) is 0 Å². The Hall–Kier alpha value is -0.620. The first-order chi connectivity index (χ1) is 6.45. The number of benzene rings is 1. The lowest BCUT2D eigenvalue weighted by Crippen LogP contribution is -2.15. The second kappa shape index (κ2) is 2.93. The maximum Gasteiger partial charge on any atom is 0.442 e. The number of rotatable bonds is 0. The Labute approximate surface area is 85.2 Å². The van der Waals surface area contributed by atoms with E-state index in [9.17, 15) is 13.2 Å². The lowest BCUT2D eigenvalue weighted by Gasteiger charge is -2.29. The predicted octanol–water partition coefficient (Wildman–Crippen LogP) is 3.89. The van der Waals surface area contributed by atoms with E-state index in [1.54, 1.807) is 18.2 Å². The van der Waals surface area contributed by atoms with E-state index in [1.165, 1.54) is 6.07 Å². The fraction of sp³-hybridized carbons (Fsp3) is 0.125. The summed E-state index contributed by atoms with van der Waals surface area (Å²) in [5.41, 5.74) is -3.05. The molecule has 1 unspecified atom stereocenters. The van der Waals surface area contributed by atoms with Gasteiger partial charge in [-0.25, -0.2) is 4.99 Å². The minimum atomic E-state index is -4.34. The highest BCUT2D eigenvalue weighted by Gasteiger charge is 2.51. The summed E-state index contributed by atoms with van der Waals surface area (Å²) in [6.45, 7) is 0. The molecule has 14 heavy (non-hydrogen) atoms. The number of para-hydroxylation sites is 1. The molecule has 0 amide bonds. The van der Waals surface area contributed by atoms with Crippen LogP contribution in [0.2, 0.25) is 0 Å². The van der Waals surface area contributed by atoms with Crippen molar-refractivity contribution in [2.24, 2.45) is 4.99 Å².